The third kappa shape index (κ3) is 3.56. The maximum absolute atomic E-state index is 12.2. The summed E-state index contributed by atoms with van der Waals surface area (Å²) in [7, 11) is 0. The standard InChI is InChI=1S/C15H26N4O2/c1-4-15(11-20)5-7-18(8-6-15)14(21)17-13-9-16-19(10-13)12(2)3/h9-10,12,20H,4-8,11H2,1-3H3,(H,17,21). The predicted octanol–water partition coefficient (Wildman–Crippen LogP) is 2.48. The third-order valence-corrected chi connectivity index (χ3v) is 4.58. The number of likely N-dealkylation sites (tertiary alicyclic amines) is 1. The van der Waals surface area contributed by atoms with Crippen LogP contribution in [0.4, 0.5) is 10.5 Å². The molecule has 0 aliphatic carbocycles. The fraction of sp³-hybridized carbons (Fsp3) is 0.733. The van der Waals surface area contributed by atoms with E-state index in [0.29, 0.717) is 13.1 Å². The van der Waals surface area contributed by atoms with Crippen LogP contribution in [0.15, 0.2) is 12.4 Å². The third-order valence-electron chi connectivity index (χ3n) is 4.58. The first kappa shape index (κ1) is 15.8. The van der Waals surface area contributed by atoms with Crippen LogP contribution in [0, 0.1) is 5.41 Å². The summed E-state index contributed by atoms with van der Waals surface area (Å²) in [4.78, 5) is 14.1. The lowest BCUT2D eigenvalue weighted by Crippen LogP contribution is -2.46. The molecule has 0 atom stereocenters. The van der Waals surface area contributed by atoms with Crippen molar-refractivity contribution in [3.05, 3.63) is 12.4 Å². The molecule has 6 nitrogen and oxygen atoms in total. The van der Waals surface area contributed by atoms with Gasteiger partial charge in [0.05, 0.1) is 11.9 Å². The van der Waals surface area contributed by atoms with E-state index in [-0.39, 0.29) is 24.1 Å². The van der Waals surface area contributed by atoms with E-state index in [1.54, 1.807) is 6.20 Å². The fourth-order valence-corrected chi connectivity index (χ4v) is 2.70. The van der Waals surface area contributed by atoms with E-state index in [0.717, 1.165) is 24.9 Å². The highest BCUT2D eigenvalue weighted by Gasteiger charge is 2.33. The number of rotatable bonds is 4. The molecule has 0 unspecified atom stereocenters. The van der Waals surface area contributed by atoms with Crippen LogP contribution >= 0.6 is 0 Å². The number of aromatic nitrogens is 2. The molecule has 21 heavy (non-hydrogen) atoms. The number of carbonyl (C=O) groups excluding carboxylic acids is 1. The van der Waals surface area contributed by atoms with Gasteiger partial charge < -0.3 is 15.3 Å². The molecule has 1 fully saturated rings. The van der Waals surface area contributed by atoms with Crippen molar-refractivity contribution < 1.29 is 9.90 Å². The number of hydrogen-bond acceptors (Lipinski definition) is 3. The maximum atomic E-state index is 12.2. The first-order chi connectivity index (χ1) is 9.99. The van der Waals surface area contributed by atoms with Crippen LogP contribution in [0.2, 0.25) is 0 Å². The minimum atomic E-state index is -0.0825. The largest absolute Gasteiger partial charge is 0.396 e. The maximum Gasteiger partial charge on any atom is 0.321 e. The number of amides is 2. The van der Waals surface area contributed by atoms with Gasteiger partial charge in [-0.25, -0.2) is 4.79 Å². The van der Waals surface area contributed by atoms with Gasteiger partial charge in [-0.3, -0.25) is 4.68 Å². The average Bonchev–Trinajstić information content (AvgIpc) is 2.96. The van der Waals surface area contributed by atoms with E-state index in [1.807, 2.05) is 29.6 Å². The summed E-state index contributed by atoms with van der Waals surface area (Å²) in [6, 6.07) is 0.196. The molecule has 1 aromatic heterocycles. The van der Waals surface area contributed by atoms with E-state index >= 15 is 0 Å². The molecule has 2 amide bonds. The zero-order valence-corrected chi connectivity index (χ0v) is 13.2. The van der Waals surface area contributed by atoms with Crippen LogP contribution < -0.4 is 5.32 Å². The monoisotopic (exact) mass is 294 g/mol. The highest BCUT2D eigenvalue weighted by molar-refractivity contribution is 5.89. The van der Waals surface area contributed by atoms with Gasteiger partial charge in [-0.1, -0.05) is 6.92 Å². The number of aliphatic hydroxyl groups is 1. The summed E-state index contributed by atoms with van der Waals surface area (Å²) in [6.45, 7) is 7.79. The Morgan fingerprint density at radius 2 is 2.14 bits per heavy atom. The molecule has 0 radical (unpaired) electrons. The molecule has 0 spiro atoms. The molecule has 118 valence electrons. The Morgan fingerprint density at radius 1 is 1.48 bits per heavy atom. The van der Waals surface area contributed by atoms with E-state index in [2.05, 4.69) is 17.3 Å². The number of piperidine rings is 1. The second-order valence-electron chi connectivity index (χ2n) is 6.23. The van der Waals surface area contributed by atoms with Gasteiger partial charge in [0, 0.05) is 31.9 Å². The second-order valence-corrected chi connectivity index (χ2v) is 6.23. The quantitative estimate of drug-likeness (QED) is 0.896. The summed E-state index contributed by atoms with van der Waals surface area (Å²) in [5, 5.41) is 16.6. The SMILES string of the molecule is CCC1(CO)CCN(C(=O)Nc2cnn(C(C)C)c2)CC1. The normalized spacial score (nSPS) is 18.0. The van der Waals surface area contributed by atoms with Crippen LogP contribution in [0.25, 0.3) is 0 Å². The van der Waals surface area contributed by atoms with E-state index in [4.69, 9.17) is 0 Å². The number of urea groups is 1. The van der Waals surface area contributed by atoms with Crippen molar-refractivity contribution in [3.8, 4) is 0 Å². The lowest BCUT2D eigenvalue weighted by molar-refractivity contribution is 0.0542. The summed E-state index contributed by atoms with van der Waals surface area (Å²) < 4.78 is 1.82. The summed E-state index contributed by atoms with van der Waals surface area (Å²) in [6.07, 6.45) is 6.19. The van der Waals surface area contributed by atoms with Crippen LogP contribution in [-0.4, -0.2) is 45.5 Å². The predicted molar refractivity (Wildman–Crippen MR) is 82.2 cm³/mol. The van der Waals surface area contributed by atoms with Crippen molar-refractivity contribution in [3.63, 3.8) is 0 Å². The molecule has 1 saturated heterocycles. The van der Waals surface area contributed by atoms with Gasteiger partial charge in [0.2, 0.25) is 0 Å². The molecule has 2 rings (SSSR count). The van der Waals surface area contributed by atoms with Crippen molar-refractivity contribution in [2.75, 3.05) is 25.0 Å². The van der Waals surface area contributed by atoms with E-state index in [1.165, 1.54) is 0 Å². The number of nitrogens with zero attached hydrogens (tertiary/aromatic N) is 3. The Kier molecular flexibility index (Phi) is 4.88. The number of carbonyl (C=O) groups is 1. The molecular formula is C15H26N4O2. The average molecular weight is 294 g/mol. The molecule has 2 N–H and O–H groups in total. The molecule has 2 heterocycles. The summed E-state index contributed by atoms with van der Waals surface area (Å²) in [5.74, 6) is 0. The van der Waals surface area contributed by atoms with Gasteiger partial charge in [-0.15, -0.1) is 0 Å². The zero-order valence-electron chi connectivity index (χ0n) is 13.2. The van der Waals surface area contributed by atoms with Crippen molar-refractivity contribution in [1.82, 2.24) is 14.7 Å². The lowest BCUT2D eigenvalue weighted by atomic mass is 9.77. The number of anilines is 1. The highest BCUT2D eigenvalue weighted by Crippen LogP contribution is 2.34. The Bertz CT molecular complexity index is 470. The first-order valence-electron chi connectivity index (χ1n) is 7.70. The molecule has 1 aliphatic rings. The topological polar surface area (TPSA) is 70.4 Å². The van der Waals surface area contributed by atoms with Crippen LogP contribution in [0.1, 0.15) is 46.1 Å². The minimum Gasteiger partial charge on any atom is -0.396 e. The first-order valence-corrected chi connectivity index (χ1v) is 7.70. The molecule has 1 aliphatic heterocycles. The van der Waals surface area contributed by atoms with Crippen molar-refractivity contribution in [1.29, 1.82) is 0 Å². The Labute approximate surface area is 126 Å². The Morgan fingerprint density at radius 3 is 2.62 bits per heavy atom. The second kappa shape index (κ2) is 6.47. The van der Waals surface area contributed by atoms with Crippen LogP contribution in [0.5, 0.6) is 0 Å². The van der Waals surface area contributed by atoms with Gasteiger partial charge in [0.25, 0.3) is 0 Å². The highest BCUT2D eigenvalue weighted by atomic mass is 16.3. The molecule has 0 saturated carbocycles. The fourth-order valence-electron chi connectivity index (χ4n) is 2.70. The zero-order chi connectivity index (χ0) is 15.5. The Hall–Kier alpha value is -1.56. The number of hydrogen-bond donors (Lipinski definition) is 2. The van der Waals surface area contributed by atoms with Crippen LogP contribution in [0.3, 0.4) is 0 Å². The lowest BCUT2D eigenvalue weighted by Gasteiger charge is -2.40. The smallest absolute Gasteiger partial charge is 0.321 e. The van der Waals surface area contributed by atoms with Gasteiger partial charge >= 0.3 is 6.03 Å². The summed E-state index contributed by atoms with van der Waals surface area (Å²) >= 11 is 0. The van der Waals surface area contributed by atoms with Gasteiger partial charge in [0.15, 0.2) is 0 Å². The molecular weight excluding hydrogens is 268 g/mol. The van der Waals surface area contributed by atoms with Gasteiger partial charge in [0.1, 0.15) is 0 Å². The molecule has 1 aromatic rings. The van der Waals surface area contributed by atoms with Gasteiger partial charge in [-0.05, 0) is 38.5 Å². The van der Waals surface area contributed by atoms with E-state index < -0.39 is 0 Å². The number of nitrogens with one attached hydrogen (secondary N) is 1. The minimum absolute atomic E-state index is 0.000688. The Balaban J connectivity index is 1.90. The van der Waals surface area contributed by atoms with E-state index in [9.17, 15) is 9.90 Å². The molecule has 0 bridgehead atoms. The summed E-state index contributed by atoms with van der Waals surface area (Å²) in [5.41, 5.74) is 0.724. The van der Waals surface area contributed by atoms with Crippen molar-refractivity contribution in [2.24, 2.45) is 5.41 Å². The van der Waals surface area contributed by atoms with Crippen LogP contribution in [-0.2, 0) is 0 Å². The number of aliphatic hydroxyl groups excluding tert-OH is 1. The van der Waals surface area contributed by atoms with Crippen molar-refractivity contribution >= 4 is 11.7 Å². The van der Waals surface area contributed by atoms with Crippen molar-refractivity contribution in [2.45, 2.75) is 46.1 Å². The molecule has 6 heteroatoms. The molecule has 0 aromatic carbocycles. The van der Waals surface area contributed by atoms with Gasteiger partial charge in [-0.2, -0.15) is 5.10 Å².